The van der Waals surface area contributed by atoms with Crippen LogP contribution in [0.25, 0.3) is 0 Å². The van der Waals surface area contributed by atoms with Crippen LogP contribution in [0.1, 0.15) is 49.7 Å². The molecule has 3 rings (SSSR count). The van der Waals surface area contributed by atoms with Crippen molar-refractivity contribution in [1.82, 2.24) is 10.2 Å². The molecule has 1 aliphatic heterocycles. The fourth-order valence-corrected chi connectivity index (χ4v) is 3.22. The number of nitrogens with one attached hydrogen (secondary N) is 1. The third-order valence-corrected chi connectivity index (χ3v) is 4.98. The number of hydrogen-bond donors (Lipinski definition) is 2. The predicted octanol–water partition coefficient (Wildman–Crippen LogP) is 3.23. The molecule has 0 atom stereocenters. The number of carboxylic acid groups (broad SMARTS) is 1. The number of carboxylic acids is 1. The summed E-state index contributed by atoms with van der Waals surface area (Å²) in [6.45, 7) is 5.95. The van der Waals surface area contributed by atoms with E-state index in [0.29, 0.717) is 19.4 Å². The number of aliphatic carboxylic acids is 1. The lowest BCUT2D eigenvalue weighted by molar-refractivity contribution is -0.145. The zero-order valence-corrected chi connectivity index (χ0v) is 14.7. The summed E-state index contributed by atoms with van der Waals surface area (Å²) in [4.78, 5) is 13.1. The standard InChI is InChI=1S/C16H20FNO2.C3H9N/c17-15-9-11(13-7-14(8-13)16(19)20)3-4-12(15)10-18-5-1-2-6-18;1-3-4-2/h3-4,9,13-14H,1-2,5-8,10H2,(H,19,20);4H,3H2,1-2H3. The van der Waals surface area contributed by atoms with Gasteiger partial charge in [-0.2, -0.15) is 0 Å². The lowest BCUT2D eigenvalue weighted by Gasteiger charge is -2.32. The number of hydrogen-bond acceptors (Lipinski definition) is 3. The SMILES string of the molecule is CCNC.O=C(O)C1CC(c2ccc(CN3CCCC3)c(F)c2)C1. The first-order chi connectivity index (χ1) is 11.5. The van der Waals surface area contributed by atoms with Crippen LogP contribution in [-0.2, 0) is 11.3 Å². The molecule has 0 spiro atoms. The Morgan fingerprint density at radius 3 is 2.46 bits per heavy atom. The lowest BCUT2D eigenvalue weighted by atomic mass is 9.71. The Hall–Kier alpha value is -1.46. The van der Waals surface area contributed by atoms with E-state index in [2.05, 4.69) is 17.1 Å². The minimum atomic E-state index is -0.729. The number of nitrogens with zero attached hydrogens (tertiary/aromatic N) is 1. The van der Waals surface area contributed by atoms with Gasteiger partial charge in [0.1, 0.15) is 5.82 Å². The summed E-state index contributed by atoms with van der Waals surface area (Å²) in [6.07, 6.45) is 3.69. The highest BCUT2D eigenvalue weighted by molar-refractivity contribution is 5.71. The fourth-order valence-electron chi connectivity index (χ4n) is 3.22. The van der Waals surface area contributed by atoms with Crippen LogP contribution in [0.4, 0.5) is 4.39 Å². The van der Waals surface area contributed by atoms with Gasteiger partial charge in [-0.15, -0.1) is 0 Å². The van der Waals surface area contributed by atoms with Gasteiger partial charge in [0.15, 0.2) is 0 Å². The second-order valence-corrected chi connectivity index (χ2v) is 6.74. The molecule has 1 aliphatic carbocycles. The van der Waals surface area contributed by atoms with Gasteiger partial charge in [-0.3, -0.25) is 9.69 Å². The van der Waals surface area contributed by atoms with E-state index >= 15 is 0 Å². The van der Waals surface area contributed by atoms with Crippen molar-refractivity contribution in [2.45, 2.75) is 45.1 Å². The largest absolute Gasteiger partial charge is 0.481 e. The highest BCUT2D eigenvalue weighted by Gasteiger charge is 2.35. The average Bonchev–Trinajstić information content (AvgIpc) is 3.01. The van der Waals surface area contributed by atoms with Crippen molar-refractivity contribution in [1.29, 1.82) is 0 Å². The van der Waals surface area contributed by atoms with Crippen molar-refractivity contribution in [3.05, 3.63) is 35.1 Å². The molecule has 4 nitrogen and oxygen atoms in total. The molecule has 0 amide bonds. The van der Waals surface area contributed by atoms with Crippen LogP contribution < -0.4 is 5.32 Å². The molecule has 1 saturated carbocycles. The van der Waals surface area contributed by atoms with Gasteiger partial charge in [-0.1, -0.05) is 19.1 Å². The Bertz CT molecular complexity index is 536. The molecule has 0 radical (unpaired) electrons. The van der Waals surface area contributed by atoms with Gasteiger partial charge in [0.2, 0.25) is 0 Å². The quantitative estimate of drug-likeness (QED) is 0.867. The van der Waals surface area contributed by atoms with Gasteiger partial charge in [-0.25, -0.2) is 4.39 Å². The molecule has 5 heteroatoms. The summed E-state index contributed by atoms with van der Waals surface area (Å²) >= 11 is 0. The van der Waals surface area contributed by atoms with Crippen LogP contribution in [-0.4, -0.2) is 42.7 Å². The number of rotatable bonds is 5. The van der Waals surface area contributed by atoms with Gasteiger partial charge in [0.25, 0.3) is 0 Å². The van der Waals surface area contributed by atoms with Crippen LogP contribution >= 0.6 is 0 Å². The number of carbonyl (C=O) groups is 1. The maximum atomic E-state index is 14.1. The van der Waals surface area contributed by atoms with E-state index in [1.807, 2.05) is 19.2 Å². The number of likely N-dealkylation sites (tertiary alicyclic amines) is 1. The van der Waals surface area contributed by atoms with Crippen LogP contribution in [0, 0.1) is 11.7 Å². The van der Waals surface area contributed by atoms with E-state index in [9.17, 15) is 9.18 Å². The van der Waals surface area contributed by atoms with Crippen LogP contribution in [0.15, 0.2) is 18.2 Å². The molecule has 1 aromatic carbocycles. The Morgan fingerprint density at radius 2 is 1.96 bits per heavy atom. The van der Waals surface area contributed by atoms with E-state index in [1.165, 1.54) is 12.8 Å². The summed E-state index contributed by atoms with van der Waals surface area (Å²) in [7, 11) is 1.93. The first kappa shape index (κ1) is 18.9. The Labute approximate surface area is 144 Å². The van der Waals surface area contributed by atoms with Crippen LogP contribution in [0.2, 0.25) is 0 Å². The maximum Gasteiger partial charge on any atom is 0.306 e. The zero-order chi connectivity index (χ0) is 17.5. The molecule has 134 valence electrons. The lowest BCUT2D eigenvalue weighted by Crippen LogP contribution is -2.28. The van der Waals surface area contributed by atoms with Crippen LogP contribution in [0.5, 0.6) is 0 Å². The topological polar surface area (TPSA) is 52.6 Å². The van der Waals surface area contributed by atoms with Gasteiger partial charge in [0.05, 0.1) is 5.92 Å². The molecule has 2 fully saturated rings. The van der Waals surface area contributed by atoms with Crippen molar-refractivity contribution in [3.8, 4) is 0 Å². The van der Waals surface area contributed by atoms with E-state index < -0.39 is 5.97 Å². The Kier molecular flexibility index (Phi) is 7.18. The van der Waals surface area contributed by atoms with Crippen molar-refractivity contribution < 1.29 is 14.3 Å². The number of halogens is 1. The molecule has 0 aromatic heterocycles. The molecule has 0 unspecified atom stereocenters. The minimum Gasteiger partial charge on any atom is -0.481 e. The van der Waals surface area contributed by atoms with Gasteiger partial charge < -0.3 is 10.4 Å². The second-order valence-electron chi connectivity index (χ2n) is 6.74. The van der Waals surface area contributed by atoms with Crippen molar-refractivity contribution in [3.63, 3.8) is 0 Å². The van der Waals surface area contributed by atoms with E-state index in [4.69, 9.17) is 5.11 Å². The van der Waals surface area contributed by atoms with Gasteiger partial charge in [0, 0.05) is 12.1 Å². The second kappa shape index (κ2) is 9.14. The molecule has 2 N–H and O–H groups in total. The van der Waals surface area contributed by atoms with E-state index in [0.717, 1.165) is 30.8 Å². The molecule has 1 aromatic rings. The summed E-state index contributed by atoms with van der Waals surface area (Å²) in [5.74, 6) is -0.903. The molecule has 0 bridgehead atoms. The molecule has 1 heterocycles. The predicted molar refractivity (Wildman–Crippen MR) is 93.6 cm³/mol. The van der Waals surface area contributed by atoms with Gasteiger partial charge in [-0.05, 0) is 69.9 Å². The van der Waals surface area contributed by atoms with Crippen molar-refractivity contribution in [2.24, 2.45) is 5.92 Å². The summed E-state index contributed by atoms with van der Waals surface area (Å²) < 4.78 is 14.1. The Morgan fingerprint density at radius 1 is 1.33 bits per heavy atom. The van der Waals surface area contributed by atoms with Crippen LogP contribution in [0.3, 0.4) is 0 Å². The summed E-state index contributed by atoms with van der Waals surface area (Å²) in [6, 6.07) is 5.45. The molecule has 2 aliphatic rings. The summed E-state index contributed by atoms with van der Waals surface area (Å²) in [5.41, 5.74) is 1.70. The third kappa shape index (κ3) is 5.02. The fraction of sp³-hybridized carbons (Fsp3) is 0.632. The zero-order valence-electron chi connectivity index (χ0n) is 14.7. The van der Waals surface area contributed by atoms with Crippen molar-refractivity contribution >= 4 is 5.97 Å². The molecular weight excluding hydrogens is 307 g/mol. The summed E-state index contributed by atoms with van der Waals surface area (Å²) in [5, 5.41) is 11.8. The normalized spacial score (nSPS) is 23.3. The molecular formula is C19H29FN2O2. The maximum absolute atomic E-state index is 14.1. The number of benzene rings is 1. The minimum absolute atomic E-state index is 0.145. The first-order valence-corrected chi connectivity index (χ1v) is 8.93. The smallest absolute Gasteiger partial charge is 0.306 e. The van der Waals surface area contributed by atoms with Crippen molar-refractivity contribution in [2.75, 3.05) is 26.7 Å². The van der Waals surface area contributed by atoms with E-state index in [-0.39, 0.29) is 17.7 Å². The average molecular weight is 336 g/mol. The third-order valence-electron chi connectivity index (χ3n) is 4.98. The highest BCUT2D eigenvalue weighted by Crippen LogP contribution is 2.42. The first-order valence-electron chi connectivity index (χ1n) is 8.93. The monoisotopic (exact) mass is 336 g/mol. The van der Waals surface area contributed by atoms with E-state index in [1.54, 1.807) is 6.07 Å². The Balaban J connectivity index is 0.000000471. The molecule has 24 heavy (non-hydrogen) atoms. The molecule has 1 saturated heterocycles. The highest BCUT2D eigenvalue weighted by atomic mass is 19.1. The van der Waals surface area contributed by atoms with Gasteiger partial charge >= 0.3 is 5.97 Å².